The number of thiophene rings is 1. The van der Waals surface area contributed by atoms with Crippen LogP contribution in [0.2, 0.25) is 0 Å². The number of nitro groups is 1. The Morgan fingerprint density at radius 1 is 1.57 bits per heavy atom. The lowest BCUT2D eigenvalue weighted by atomic mass is 9.94. The number of nitriles is 1. The van der Waals surface area contributed by atoms with Gasteiger partial charge in [0.05, 0.1) is 11.0 Å². The van der Waals surface area contributed by atoms with Crippen LogP contribution in [-0.4, -0.2) is 9.91 Å². The van der Waals surface area contributed by atoms with Crippen LogP contribution in [-0.2, 0) is 6.42 Å². The van der Waals surface area contributed by atoms with E-state index >= 15 is 0 Å². The number of hydrogen-bond acceptors (Lipinski definition) is 6. The summed E-state index contributed by atoms with van der Waals surface area (Å²) in [5, 5.41) is 25.2. The van der Waals surface area contributed by atoms with Crippen LogP contribution < -0.4 is 5.32 Å². The first-order valence-electron chi connectivity index (χ1n) is 6.56. The molecular formula is C14H12N4O2S. The molecule has 1 atom stereocenters. The quantitative estimate of drug-likeness (QED) is 0.692. The zero-order chi connectivity index (χ0) is 14.8. The molecule has 106 valence electrons. The van der Waals surface area contributed by atoms with E-state index in [9.17, 15) is 10.1 Å². The lowest BCUT2D eigenvalue weighted by molar-refractivity contribution is -0.385. The summed E-state index contributed by atoms with van der Waals surface area (Å²) in [6.07, 6.45) is 4.32. The molecule has 0 fully saturated rings. The highest BCUT2D eigenvalue weighted by molar-refractivity contribution is 7.10. The molecule has 6 nitrogen and oxygen atoms in total. The van der Waals surface area contributed by atoms with Crippen LogP contribution in [0.1, 0.15) is 34.9 Å². The topological polar surface area (TPSA) is 91.8 Å². The van der Waals surface area contributed by atoms with Crippen LogP contribution >= 0.6 is 11.3 Å². The summed E-state index contributed by atoms with van der Waals surface area (Å²) < 4.78 is 0. The highest BCUT2D eigenvalue weighted by Gasteiger charge is 2.23. The van der Waals surface area contributed by atoms with Gasteiger partial charge in [-0.05, 0) is 36.3 Å². The number of pyridine rings is 1. The van der Waals surface area contributed by atoms with Crippen molar-refractivity contribution in [1.82, 2.24) is 4.98 Å². The van der Waals surface area contributed by atoms with Gasteiger partial charge in [-0.2, -0.15) is 5.26 Å². The van der Waals surface area contributed by atoms with E-state index in [2.05, 4.69) is 21.7 Å². The van der Waals surface area contributed by atoms with Gasteiger partial charge < -0.3 is 5.32 Å². The van der Waals surface area contributed by atoms with Crippen molar-refractivity contribution < 1.29 is 4.92 Å². The second-order valence-corrected chi connectivity index (χ2v) is 5.85. The van der Waals surface area contributed by atoms with Crippen LogP contribution in [0, 0.1) is 21.4 Å². The molecule has 1 unspecified atom stereocenters. The van der Waals surface area contributed by atoms with E-state index in [4.69, 9.17) is 5.26 Å². The molecule has 2 aromatic rings. The highest BCUT2D eigenvalue weighted by atomic mass is 32.1. The first-order valence-corrected chi connectivity index (χ1v) is 7.44. The van der Waals surface area contributed by atoms with Gasteiger partial charge in [0.15, 0.2) is 0 Å². The summed E-state index contributed by atoms with van der Waals surface area (Å²) in [6.45, 7) is 0. The molecule has 0 aliphatic heterocycles. The van der Waals surface area contributed by atoms with Gasteiger partial charge in [0, 0.05) is 10.9 Å². The predicted molar refractivity (Wildman–Crippen MR) is 79.2 cm³/mol. The van der Waals surface area contributed by atoms with E-state index in [0.717, 1.165) is 19.3 Å². The third-order valence-electron chi connectivity index (χ3n) is 3.57. The average Bonchev–Trinajstić information content (AvgIpc) is 2.97. The van der Waals surface area contributed by atoms with E-state index < -0.39 is 4.92 Å². The Bertz CT molecular complexity index is 735. The molecule has 0 aromatic carbocycles. The first kappa shape index (κ1) is 13.5. The number of hydrogen-bond donors (Lipinski definition) is 1. The highest BCUT2D eigenvalue weighted by Crippen LogP contribution is 2.35. The Kier molecular flexibility index (Phi) is 3.54. The van der Waals surface area contributed by atoms with Gasteiger partial charge in [0.1, 0.15) is 23.6 Å². The van der Waals surface area contributed by atoms with Crippen molar-refractivity contribution in [3.8, 4) is 6.07 Å². The fraction of sp³-hybridized carbons (Fsp3) is 0.286. The van der Waals surface area contributed by atoms with Crippen molar-refractivity contribution in [3.63, 3.8) is 0 Å². The van der Waals surface area contributed by atoms with E-state index in [1.165, 1.54) is 22.7 Å². The molecule has 0 saturated carbocycles. The predicted octanol–water partition coefficient (Wildman–Crippen LogP) is 3.41. The normalized spacial score (nSPS) is 16.8. The van der Waals surface area contributed by atoms with E-state index in [1.54, 1.807) is 11.3 Å². The van der Waals surface area contributed by atoms with Crippen molar-refractivity contribution in [2.45, 2.75) is 25.3 Å². The minimum absolute atomic E-state index is 0.112. The lowest BCUT2D eigenvalue weighted by Crippen LogP contribution is -2.17. The minimum atomic E-state index is -0.546. The first-order chi connectivity index (χ1) is 10.2. The standard InChI is InChI=1S/C14H12N4O2S/c15-7-9-6-10(18(19)20)8-16-14(9)17-12-2-1-3-13-11(12)4-5-21-13/h4-6,8,12H,1-3H2,(H,16,17). The fourth-order valence-corrected chi connectivity index (χ4v) is 3.54. The zero-order valence-electron chi connectivity index (χ0n) is 11.1. The van der Waals surface area contributed by atoms with E-state index in [-0.39, 0.29) is 17.3 Å². The smallest absolute Gasteiger partial charge is 0.289 e. The molecule has 2 aromatic heterocycles. The molecule has 0 amide bonds. The van der Waals surface area contributed by atoms with Crippen molar-refractivity contribution in [2.24, 2.45) is 0 Å². The maximum absolute atomic E-state index is 10.7. The van der Waals surface area contributed by atoms with Gasteiger partial charge in [-0.1, -0.05) is 0 Å². The summed E-state index contributed by atoms with van der Waals surface area (Å²) in [5.74, 6) is 0.409. The fourth-order valence-electron chi connectivity index (χ4n) is 2.56. The molecule has 7 heteroatoms. The molecule has 0 radical (unpaired) electrons. The second-order valence-electron chi connectivity index (χ2n) is 4.85. The number of nitrogens with zero attached hydrogens (tertiary/aromatic N) is 3. The van der Waals surface area contributed by atoms with Crippen molar-refractivity contribution in [3.05, 3.63) is 49.8 Å². The molecule has 1 N–H and O–H groups in total. The van der Waals surface area contributed by atoms with Gasteiger partial charge in [0.2, 0.25) is 0 Å². The Morgan fingerprint density at radius 2 is 2.43 bits per heavy atom. The monoisotopic (exact) mass is 300 g/mol. The zero-order valence-corrected chi connectivity index (χ0v) is 11.9. The van der Waals surface area contributed by atoms with Gasteiger partial charge in [-0.3, -0.25) is 10.1 Å². The van der Waals surface area contributed by atoms with Gasteiger partial charge in [0.25, 0.3) is 5.69 Å². The maximum Gasteiger partial charge on any atom is 0.289 e. The number of aryl methyl sites for hydroxylation is 1. The lowest BCUT2D eigenvalue weighted by Gasteiger charge is -2.24. The van der Waals surface area contributed by atoms with E-state index in [0.29, 0.717) is 5.82 Å². The van der Waals surface area contributed by atoms with Crippen molar-refractivity contribution in [2.75, 3.05) is 5.32 Å². The third kappa shape index (κ3) is 2.58. The third-order valence-corrected chi connectivity index (χ3v) is 4.56. The number of fused-ring (bicyclic) bond motifs is 1. The number of aromatic nitrogens is 1. The largest absolute Gasteiger partial charge is 0.362 e. The SMILES string of the molecule is N#Cc1cc([N+](=O)[O-])cnc1NC1CCCc2sccc21. The Labute approximate surface area is 125 Å². The Balaban J connectivity index is 1.90. The molecule has 0 spiro atoms. The summed E-state index contributed by atoms with van der Waals surface area (Å²) in [7, 11) is 0. The molecule has 1 aliphatic rings. The molecule has 0 saturated heterocycles. The number of nitrogens with one attached hydrogen (secondary N) is 1. The van der Waals surface area contributed by atoms with Gasteiger partial charge in [-0.25, -0.2) is 4.98 Å². The van der Waals surface area contributed by atoms with Crippen molar-refractivity contribution in [1.29, 1.82) is 5.26 Å². The second kappa shape index (κ2) is 5.50. The number of rotatable bonds is 3. The molecular weight excluding hydrogens is 288 g/mol. The van der Waals surface area contributed by atoms with Crippen LogP contribution in [0.3, 0.4) is 0 Å². The van der Waals surface area contributed by atoms with Gasteiger partial charge >= 0.3 is 0 Å². The van der Waals surface area contributed by atoms with E-state index in [1.807, 2.05) is 6.07 Å². The molecule has 0 bridgehead atoms. The number of anilines is 1. The average molecular weight is 300 g/mol. The summed E-state index contributed by atoms with van der Waals surface area (Å²) in [4.78, 5) is 15.6. The minimum Gasteiger partial charge on any atom is -0.362 e. The van der Waals surface area contributed by atoms with Crippen LogP contribution in [0.5, 0.6) is 0 Å². The Morgan fingerprint density at radius 3 is 3.19 bits per heavy atom. The summed E-state index contributed by atoms with van der Waals surface area (Å²) in [6, 6.07) is 5.43. The summed E-state index contributed by atoms with van der Waals surface area (Å²) in [5.41, 5.74) is 1.28. The molecule has 2 heterocycles. The van der Waals surface area contributed by atoms with Crippen LogP contribution in [0.4, 0.5) is 11.5 Å². The van der Waals surface area contributed by atoms with Crippen LogP contribution in [0.25, 0.3) is 0 Å². The maximum atomic E-state index is 10.7. The Hall–Kier alpha value is -2.46. The molecule has 1 aliphatic carbocycles. The molecule has 3 rings (SSSR count). The van der Waals surface area contributed by atoms with Crippen molar-refractivity contribution >= 4 is 22.8 Å². The van der Waals surface area contributed by atoms with Crippen LogP contribution in [0.15, 0.2) is 23.7 Å². The summed E-state index contributed by atoms with van der Waals surface area (Å²) >= 11 is 1.74. The van der Waals surface area contributed by atoms with Gasteiger partial charge in [-0.15, -0.1) is 11.3 Å². The molecule has 21 heavy (non-hydrogen) atoms.